The molecular weight excluding hydrogens is 334 g/mol. The van der Waals surface area contributed by atoms with Crippen LogP contribution in [-0.2, 0) is 19.6 Å². The molecule has 114 valence electrons. The Morgan fingerprint density at radius 3 is 2.86 bits per heavy atom. The van der Waals surface area contributed by atoms with Crippen molar-refractivity contribution in [3.63, 3.8) is 0 Å². The molecule has 1 aromatic heterocycles. The number of rotatable bonds is 8. The van der Waals surface area contributed by atoms with Crippen molar-refractivity contribution < 1.29 is 9.26 Å². The second-order valence-corrected chi connectivity index (χ2v) is 5.54. The van der Waals surface area contributed by atoms with E-state index in [0.29, 0.717) is 18.3 Å². The van der Waals surface area contributed by atoms with E-state index in [1.807, 2.05) is 13.0 Å². The molecule has 0 aliphatic carbocycles. The molecule has 6 heteroatoms. The first-order valence-electron chi connectivity index (χ1n) is 7.16. The molecule has 0 spiro atoms. The standard InChI is InChI=1S/C15H20BrN3O2/c1-3-7-17-9-11-5-6-13(12(16)8-11)20-10-14-18-15(4-2)21-19-14/h5-6,8,17H,3-4,7,9-10H2,1-2H3. The minimum Gasteiger partial charge on any atom is -0.484 e. The molecular formula is C15H20BrN3O2. The summed E-state index contributed by atoms with van der Waals surface area (Å²) >= 11 is 3.53. The van der Waals surface area contributed by atoms with Crippen LogP contribution in [0.1, 0.15) is 37.5 Å². The quantitative estimate of drug-likeness (QED) is 0.736. The fraction of sp³-hybridized carbons (Fsp3) is 0.467. The molecule has 21 heavy (non-hydrogen) atoms. The Morgan fingerprint density at radius 1 is 1.33 bits per heavy atom. The van der Waals surface area contributed by atoms with Crippen molar-refractivity contribution in [2.24, 2.45) is 0 Å². The first kappa shape index (κ1) is 16.0. The topological polar surface area (TPSA) is 60.2 Å². The van der Waals surface area contributed by atoms with Crippen LogP contribution in [0.25, 0.3) is 0 Å². The molecule has 0 saturated heterocycles. The van der Waals surface area contributed by atoms with E-state index < -0.39 is 0 Å². The number of ether oxygens (including phenoxy) is 1. The van der Waals surface area contributed by atoms with Crippen LogP contribution in [0, 0.1) is 0 Å². The average Bonchev–Trinajstić information content (AvgIpc) is 2.95. The lowest BCUT2D eigenvalue weighted by atomic mass is 10.2. The number of aryl methyl sites for hydroxylation is 1. The van der Waals surface area contributed by atoms with Gasteiger partial charge in [0.05, 0.1) is 4.47 Å². The molecule has 0 bridgehead atoms. The van der Waals surface area contributed by atoms with Gasteiger partial charge in [0.1, 0.15) is 5.75 Å². The number of halogens is 1. The van der Waals surface area contributed by atoms with Crippen molar-refractivity contribution in [2.45, 2.75) is 39.8 Å². The summed E-state index contributed by atoms with van der Waals surface area (Å²) < 4.78 is 11.7. The van der Waals surface area contributed by atoms with Crippen molar-refractivity contribution in [3.05, 3.63) is 40.0 Å². The number of benzene rings is 1. The zero-order valence-electron chi connectivity index (χ0n) is 12.4. The number of nitrogens with zero attached hydrogens (tertiary/aromatic N) is 2. The van der Waals surface area contributed by atoms with E-state index in [1.54, 1.807) is 0 Å². The maximum absolute atomic E-state index is 5.71. The molecule has 1 N–H and O–H groups in total. The van der Waals surface area contributed by atoms with Gasteiger partial charge in [-0.25, -0.2) is 0 Å². The highest BCUT2D eigenvalue weighted by Crippen LogP contribution is 2.26. The Hall–Kier alpha value is -1.40. The van der Waals surface area contributed by atoms with E-state index >= 15 is 0 Å². The van der Waals surface area contributed by atoms with Crippen LogP contribution >= 0.6 is 15.9 Å². The monoisotopic (exact) mass is 353 g/mol. The van der Waals surface area contributed by atoms with Gasteiger partial charge in [-0.1, -0.05) is 25.1 Å². The predicted octanol–water partition coefficient (Wildman–Crippen LogP) is 3.47. The van der Waals surface area contributed by atoms with Crippen molar-refractivity contribution in [1.82, 2.24) is 15.5 Å². The molecule has 0 radical (unpaired) electrons. The SMILES string of the molecule is CCCNCc1ccc(OCc2noc(CC)n2)c(Br)c1. The Labute approximate surface area is 133 Å². The summed E-state index contributed by atoms with van der Waals surface area (Å²) in [7, 11) is 0. The van der Waals surface area contributed by atoms with Crippen LogP contribution in [-0.4, -0.2) is 16.7 Å². The van der Waals surface area contributed by atoms with Gasteiger partial charge >= 0.3 is 0 Å². The molecule has 0 aliphatic heterocycles. The molecule has 2 aromatic rings. The number of hydrogen-bond acceptors (Lipinski definition) is 5. The Balaban J connectivity index is 1.91. The molecule has 0 amide bonds. The van der Waals surface area contributed by atoms with Crippen molar-refractivity contribution in [2.75, 3.05) is 6.54 Å². The van der Waals surface area contributed by atoms with Crippen LogP contribution in [0.2, 0.25) is 0 Å². The molecule has 0 atom stereocenters. The van der Waals surface area contributed by atoms with E-state index in [1.165, 1.54) is 5.56 Å². The van der Waals surface area contributed by atoms with Crippen LogP contribution in [0.15, 0.2) is 27.2 Å². The molecule has 0 fully saturated rings. The number of nitrogens with one attached hydrogen (secondary N) is 1. The minimum atomic E-state index is 0.301. The highest BCUT2D eigenvalue weighted by atomic mass is 79.9. The lowest BCUT2D eigenvalue weighted by molar-refractivity contribution is 0.283. The Bertz CT molecular complexity index is 572. The summed E-state index contributed by atoms with van der Waals surface area (Å²) in [5.74, 6) is 1.97. The van der Waals surface area contributed by atoms with Crippen LogP contribution in [0.5, 0.6) is 5.75 Å². The fourth-order valence-corrected chi connectivity index (χ4v) is 2.36. The summed E-state index contributed by atoms with van der Waals surface area (Å²) in [6.45, 7) is 6.31. The summed E-state index contributed by atoms with van der Waals surface area (Å²) in [5, 5.41) is 7.23. The molecule has 1 aromatic carbocycles. The predicted molar refractivity (Wildman–Crippen MR) is 84.1 cm³/mol. The highest BCUT2D eigenvalue weighted by molar-refractivity contribution is 9.10. The van der Waals surface area contributed by atoms with Crippen molar-refractivity contribution in [1.29, 1.82) is 0 Å². The summed E-state index contributed by atoms with van der Waals surface area (Å²) in [6, 6.07) is 6.07. The van der Waals surface area contributed by atoms with Gasteiger partial charge in [-0.2, -0.15) is 4.98 Å². The van der Waals surface area contributed by atoms with Gasteiger partial charge in [-0.15, -0.1) is 0 Å². The number of aromatic nitrogens is 2. The fourth-order valence-electron chi connectivity index (χ4n) is 1.82. The highest BCUT2D eigenvalue weighted by Gasteiger charge is 2.07. The van der Waals surface area contributed by atoms with Gasteiger partial charge in [0.25, 0.3) is 0 Å². The lowest BCUT2D eigenvalue weighted by Crippen LogP contribution is -2.13. The van der Waals surface area contributed by atoms with Gasteiger partial charge in [0.2, 0.25) is 11.7 Å². The van der Waals surface area contributed by atoms with Gasteiger partial charge in [0, 0.05) is 13.0 Å². The maximum Gasteiger partial charge on any atom is 0.226 e. The summed E-state index contributed by atoms with van der Waals surface area (Å²) in [5.41, 5.74) is 1.22. The largest absolute Gasteiger partial charge is 0.484 e. The minimum absolute atomic E-state index is 0.301. The third-order valence-corrected chi connectivity index (χ3v) is 3.54. The zero-order chi connectivity index (χ0) is 15.1. The molecule has 5 nitrogen and oxygen atoms in total. The van der Waals surface area contributed by atoms with E-state index in [9.17, 15) is 0 Å². The van der Waals surface area contributed by atoms with Crippen LogP contribution in [0.3, 0.4) is 0 Å². The second kappa shape index (κ2) is 8.14. The van der Waals surface area contributed by atoms with Crippen molar-refractivity contribution in [3.8, 4) is 5.75 Å². The summed E-state index contributed by atoms with van der Waals surface area (Å²) in [4.78, 5) is 4.21. The van der Waals surface area contributed by atoms with E-state index in [4.69, 9.17) is 9.26 Å². The van der Waals surface area contributed by atoms with Gasteiger partial charge in [-0.05, 0) is 46.6 Å². The van der Waals surface area contributed by atoms with Gasteiger partial charge in [0.15, 0.2) is 6.61 Å². The van der Waals surface area contributed by atoms with Gasteiger partial charge < -0.3 is 14.6 Å². The van der Waals surface area contributed by atoms with E-state index in [-0.39, 0.29) is 0 Å². The van der Waals surface area contributed by atoms with E-state index in [0.717, 1.165) is 36.2 Å². The normalized spacial score (nSPS) is 10.8. The molecule has 2 rings (SSSR count). The lowest BCUT2D eigenvalue weighted by Gasteiger charge is -2.09. The average molecular weight is 354 g/mol. The first-order chi connectivity index (χ1) is 10.2. The van der Waals surface area contributed by atoms with Crippen molar-refractivity contribution >= 4 is 15.9 Å². The summed E-state index contributed by atoms with van der Waals surface area (Å²) in [6.07, 6.45) is 1.86. The maximum atomic E-state index is 5.71. The molecule has 0 saturated carbocycles. The number of hydrogen-bond donors (Lipinski definition) is 1. The third-order valence-electron chi connectivity index (χ3n) is 2.92. The molecule has 0 aliphatic rings. The van der Waals surface area contributed by atoms with Crippen LogP contribution in [0.4, 0.5) is 0 Å². The molecule has 0 unspecified atom stereocenters. The Kier molecular flexibility index (Phi) is 6.20. The second-order valence-electron chi connectivity index (χ2n) is 4.69. The smallest absolute Gasteiger partial charge is 0.226 e. The third kappa shape index (κ3) is 4.82. The first-order valence-corrected chi connectivity index (χ1v) is 7.95. The van der Waals surface area contributed by atoms with Crippen LogP contribution < -0.4 is 10.1 Å². The van der Waals surface area contributed by atoms with E-state index in [2.05, 4.69) is 50.4 Å². The molecule has 1 heterocycles. The Morgan fingerprint density at radius 2 is 2.19 bits per heavy atom. The van der Waals surface area contributed by atoms with Gasteiger partial charge in [-0.3, -0.25) is 0 Å². The zero-order valence-corrected chi connectivity index (χ0v) is 13.9.